The number of ether oxygens (including phenoxy) is 1. The summed E-state index contributed by atoms with van der Waals surface area (Å²) in [5.74, 6) is -1.11. The summed E-state index contributed by atoms with van der Waals surface area (Å²) in [6, 6.07) is 8.57. The van der Waals surface area contributed by atoms with Gasteiger partial charge in [-0.3, -0.25) is 10.2 Å². The van der Waals surface area contributed by atoms with Gasteiger partial charge in [0.05, 0.1) is 0 Å². The summed E-state index contributed by atoms with van der Waals surface area (Å²) >= 11 is 0. The third-order valence-electron chi connectivity index (χ3n) is 3.60. The van der Waals surface area contributed by atoms with Crippen LogP contribution in [0.2, 0.25) is 0 Å². The Bertz CT molecular complexity index is 540. The molecule has 134 valence electrons. The van der Waals surface area contributed by atoms with Crippen LogP contribution in [0.3, 0.4) is 0 Å². The van der Waals surface area contributed by atoms with Crippen molar-refractivity contribution in [2.75, 3.05) is 0 Å². The molecule has 0 saturated carbocycles. The average Bonchev–Trinajstić information content (AvgIpc) is 2.45. The SMILES string of the molecule is CC[C@@H](C)[C@@H](C(=O)O)N(Cc1ccccc1)NC(=O)OC(C)(C)C. The highest BCUT2D eigenvalue weighted by atomic mass is 16.6. The standard InChI is InChI=1S/C18H28N2O4/c1-6-13(2)15(16(21)22)20(12-14-10-8-7-9-11-14)19-17(23)24-18(3,4)5/h7-11,13,15H,6,12H2,1-5H3,(H,19,23)(H,21,22)/t13-,15+/m1/s1. The molecule has 6 nitrogen and oxygen atoms in total. The minimum atomic E-state index is -0.976. The third-order valence-corrected chi connectivity index (χ3v) is 3.60. The lowest BCUT2D eigenvalue weighted by Crippen LogP contribution is -2.54. The molecule has 0 saturated heterocycles. The molecule has 1 aromatic rings. The first kappa shape index (κ1) is 20.0. The van der Waals surface area contributed by atoms with E-state index in [1.165, 1.54) is 5.01 Å². The largest absolute Gasteiger partial charge is 0.480 e. The number of aliphatic carboxylic acids is 1. The maximum absolute atomic E-state index is 12.1. The third kappa shape index (κ3) is 6.58. The molecule has 1 amide bonds. The molecule has 0 spiro atoms. The van der Waals surface area contributed by atoms with Crippen LogP contribution < -0.4 is 5.43 Å². The summed E-state index contributed by atoms with van der Waals surface area (Å²) in [6.45, 7) is 9.34. The van der Waals surface area contributed by atoms with Crippen molar-refractivity contribution >= 4 is 12.1 Å². The number of benzene rings is 1. The number of hydrazine groups is 1. The Morgan fingerprint density at radius 1 is 1.25 bits per heavy atom. The molecular weight excluding hydrogens is 308 g/mol. The zero-order valence-corrected chi connectivity index (χ0v) is 15.1. The van der Waals surface area contributed by atoms with E-state index >= 15 is 0 Å². The summed E-state index contributed by atoms with van der Waals surface area (Å²) in [6.07, 6.45) is 0.0196. The van der Waals surface area contributed by atoms with E-state index in [0.717, 1.165) is 5.56 Å². The van der Waals surface area contributed by atoms with Crippen LogP contribution in [0.4, 0.5) is 4.79 Å². The topological polar surface area (TPSA) is 78.9 Å². The van der Waals surface area contributed by atoms with Crippen LogP contribution >= 0.6 is 0 Å². The fraction of sp³-hybridized carbons (Fsp3) is 0.556. The fourth-order valence-electron chi connectivity index (χ4n) is 2.31. The second kappa shape index (κ2) is 8.68. The smallest absolute Gasteiger partial charge is 0.422 e. The molecular formula is C18H28N2O4. The molecule has 0 radical (unpaired) electrons. The van der Waals surface area contributed by atoms with E-state index in [0.29, 0.717) is 6.42 Å². The van der Waals surface area contributed by atoms with Crippen molar-refractivity contribution in [1.29, 1.82) is 0 Å². The van der Waals surface area contributed by atoms with Crippen molar-refractivity contribution in [3.05, 3.63) is 35.9 Å². The van der Waals surface area contributed by atoms with Gasteiger partial charge in [-0.15, -0.1) is 0 Å². The maximum Gasteiger partial charge on any atom is 0.422 e. The number of carboxylic acids is 1. The predicted molar refractivity (Wildman–Crippen MR) is 92.2 cm³/mol. The molecule has 0 bridgehead atoms. The molecule has 0 unspecified atom stereocenters. The lowest BCUT2D eigenvalue weighted by atomic mass is 9.98. The van der Waals surface area contributed by atoms with Gasteiger partial charge in [0.15, 0.2) is 0 Å². The molecule has 1 rings (SSSR count). The number of nitrogens with one attached hydrogen (secondary N) is 1. The zero-order chi connectivity index (χ0) is 18.3. The monoisotopic (exact) mass is 336 g/mol. The van der Waals surface area contributed by atoms with Crippen LogP contribution in [0.1, 0.15) is 46.6 Å². The quantitative estimate of drug-likeness (QED) is 0.746. The Hall–Kier alpha value is -2.08. The highest BCUT2D eigenvalue weighted by Crippen LogP contribution is 2.17. The Kier molecular flexibility index (Phi) is 7.22. The first-order valence-electron chi connectivity index (χ1n) is 8.17. The number of rotatable bonds is 7. The van der Waals surface area contributed by atoms with Crippen molar-refractivity contribution in [2.45, 2.75) is 59.2 Å². The highest BCUT2D eigenvalue weighted by molar-refractivity contribution is 5.75. The number of carbonyl (C=O) groups is 2. The fourth-order valence-corrected chi connectivity index (χ4v) is 2.31. The first-order chi connectivity index (χ1) is 11.1. The molecule has 0 fully saturated rings. The number of carboxylic acid groups (broad SMARTS) is 1. The van der Waals surface area contributed by atoms with Crippen LogP contribution in [0.5, 0.6) is 0 Å². The summed E-state index contributed by atoms with van der Waals surface area (Å²) in [4.78, 5) is 23.9. The Morgan fingerprint density at radius 3 is 2.29 bits per heavy atom. The molecule has 0 heterocycles. The normalized spacial score (nSPS) is 14.1. The van der Waals surface area contributed by atoms with Crippen molar-refractivity contribution in [1.82, 2.24) is 10.4 Å². The van der Waals surface area contributed by atoms with E-state index in [2.05, 4.69) is 5.43 Å². The predicted octanol–water partition coefficient (Wildman–Crippen LogP) is 3.43. The van der Waals surface area contributed by atoms with E-state index in [1.54, 1.807) is 20.8 Å². The molecule has 24 heavy (non-hydrogen) atoms. The van der Waals surface area contributed by atoms with Crippen molar-refractivity contribution in [3.63, 3.8) is 0 Å². The average molecular weight is 336 g/mol. The minimum absolute atomic E-state index is 0.138. The molecule has 0 aliphatic rings. The summed E-state index contributed by atoms with van der Waals surface area (Å²) < 4.78 is 5.26. The van der Waals surface area contributed by atoms with Crippen LogP contribution in [0.15, 0.2) is 30.3 Å². The summed E-state index contributed by atoms with van der Waals surface area (Å²) in [7, 11) is 0. The van der Waals surface area contributed by atoms with Gasteiger partial charge in [-0.25, -0.2) is 4.79 Å². The van der Waals surface area contributed by atoms with Crippen molar-refractivity contribution in [3.8, 4) is 0 Å². The molecule has 2 atom stereocenters. The van der Waals surface area contributed by atoms with Crippen LogP contribution in [-0.4, -0.2) is 33.8 Å². The van der Waals surface area contributed by atoms with E-state index < -0.39 is 23.7 Å². The van der Waals surface area contributed by atoms with Gasteiger partial charge in [0.1, 0.15) is 11.6 Å². The van der Waals surface area contributed by atoms with Gasteiger partial charge >= 0.3 is 12.1 Å². The van der Waals surface area contributed by atoms with Crippen LogP contribution in [0.25, 0.3) is 0 Å². The Labute approximate surface area is 143 Å². The number of carbonyl (C=O) groups excluding carboxylic acids is 1. The number of amides is 1. The maximum atomic E-state index is 12.1. The van der Waals surface area contributed by atoms with E-state index in [9.17, 15) is 14.7 Å². The van der Waals surface area contributed by atoms with E-state index in [-0.39, 0.29) is 12.5 Å². The lowest BCUT2D eigenvalue weighted by Gasteiger charge is -2.33. The molecule has 1 aromatic carbocycles. The van der Waals surface area contributed by atoms with Crippen molar-refractivity contribution < 1.29 is 19.4 Å². The second-order valence-electron chi connectivity index (χ2n) is 6.90. The summed E-state index contributed by atoms with van der Waals surface area (Å²) in [5.41, 5.74) is 2.86. The molecule has 0 aliphatic heterocycles. The zero-order valence-electron chi connectivity index (χ0n) is 15.1. The molecule has 0 aromatic heterocycles. The van der Waals surface area contributed by atoms with Gasteiger partial charge in [0, 0.05) is 6.54 Å². The first-order valence-corrected chi connectivity index (χ1v) is 8.17. The van der Waals surface area contributed by atoms with Gasteiger partial charge in [-0.1, -0.05) is 50.6 Å². The highest BCUT2D eigenvalue weighted by Gasteiger charge is 2.32. The van der Waals surface area contributed by atoms with E-state index in [1.807, 2.05) is 44.2 Å². The molecule has 0 aliphatic carbocycles. The van der Waals surface area contributed by atoms with E-state index in [4.69, 9.17) is 4.74 Å². The number of hydrogen-bond donors (Lipinski definition) is 2. The van der Waals surface area contributed by atoms with Gasteiger partial charge in [0.25, 0.3) is 0 Å². The molecule has 6 heteroatoms. The molecule has 2 N–H and O–H groups in total. The Balaban J connectivity index is 3.01. The van der Waals surface area contributed by atoms with Crippen LogP contribution in [-0.2, 0) is 16.1 Å². The number of hydrogen-bond acceptors (Lipinski definition) is 4. The van der Waals surface area contributed by atoms with Gasteiger partial charge < -0.3 is 9.84 Å². The van der Waals surface area contributed by atoms with Crippen LogP contribution in [0, 0.1) is 5.92 Å². The van der Waals surface area contributed by atoms with Gasteiger partial charge in [-0.2, -0.15) is 5.01 Å². The Morgan fingerprint density at radius 2 is 1.83 bits per heavy atom. The minimum Gasteiger partial charge on any atom is -0.480 e. The summed E-state index contributed by atoms with van der Waals surface area (Å²) in [5, 5.41) is 11.1. The number of nitrogens with zero attached hydrogens (tertiary/aromatic N) is 1. The van der Waals surface area contributed by atoms with Crippen molar-refractivity contribution in [2.24, 2.45) is 5.92 Å². The lowest BCUT2D eigenvalue weighted by molar-refractivity contribution is -0.147. The van der Waals surface area contributed by atoms with Gasteiger partial charge in [0.2, 0.25) is 0 Å². The van der Waals surface area contributed by atoms with Gasteiger partial charge in [-0.05, 0) is 32.3 Å². The second-order valence-corrected chi connectivity index (χ2v) is 6.90.